The normalized spacial score (nSPS) is 11.2. The Balaban J connectivity index is 1.77. The van der Waals surface area contributed by atoms with Crippen LogP contribution in [0.1, 0.15) is 22.6 Å². The Morgan fingerprint density at radius 2 is 1.85 bits per heavy atom. The molecule has 3 aromatic rings. The second-order valence-corrected chi connectivity index (χ2v) is 5.27. The van der Waals surface area contributed by atoms with E-state index < -0.39 is 53.5 Å². The smallest absolute Gasteiger partial charge is 0.318 e. The van der Waals surface area contributed by atoms with E-state index in [2.05, 4.69) is 15.5 Å². The van der Waals surface area contributed by atoms with Gasteiger partial charge in [-0.3, -0.25) is 9.48 Å². The number of halogens is 6. The van der Waals surface area contributed by atoms with Gasteiger partial charge in [0, 0.05) is 24.0 Å². The lowest BCUT2D eigenvalue weighted by atomic mass is 10.2. The van der Waals surface area contributed by atoms with Gasteiger partial charge in [-0.05, 0) is 6.07 Å². The maximum atomic E-state index is 13.7. The summed E-state index contributed by atoms with van der Waals surface area (Å²) in [6.45, 7) is -3.62. The molecule has 6 nitrogen and oxygen atoms in total. The first-order valence-electron chi connectivity index (χ1n) is 7.25. The fourth-order valence-electron chi connectivity index (χ4n) is 2.27. The van der Waals surface area contributed by atoms with E-state index in [0.29, 0.717) is 0 Å². The van der Waals surface area contributed by atoms with Crippen LogP contribution >= 0.6 is 0 Å². The Kier molecular flexibility index (Phi) is 4.88. The van der Waals surface area contributed by atoms with E-state index in [1.807, 2.05) is 0 Å². The fraction of sp³-hybridized carbons (Fsp3) is 0.133. The number of hydrogen-bond acceptors (Lipinski definition) is 3. The Morgan fingerprint density at radius 3 is 2.56 bits per heavy atom. The van der Waals surface area contributed by atoms with Crippen molar-refractivity contribution < 1.29 is 31.1 Å². The van der Waals surface area contributed by atoms with Crippen LogP contribution in [0, 0.1) is 23.3 Å². The van der Waals surface area contributed by atoms with Gasteiger partial charge in [0.1, 0.15) is 11.5 Å². The molecule has 0 radical (unpaired) electrons. The molecule has 0 aliphatic heterocycles. The van der Waals surface area contributed by atoms with Gasteiger partial charge in [0.25, 0.3) is 5.91 Å². The molecule has 0 unspecified atom stereocenters. The van der Waals surface area contributed by atoms with E-state index in [4.69, 9.17) is 0 Å². The molecule has 0 spiro atoms. The number of benzene rings is 1. The van der Waals surface area contributed by atoms with Gasteiger partial charge in [0.05, 0.1) is 18.4 Å². The zero-order valence-electron chi connectivity index (χ0n) is 13.1. The number of alkyl halides is 2. The molecule has 0 saturated heterocycles. The van der Waals surface area contributed by atoms with E-state index >= 15 is 0 Å². The number of anilines is 1. The van der Waals surface area contributed by atoms with Crippen molar-refractivity contribution in [1.29, 1.82) is 0 Å². The predicted molar refractivity (Wildman–Crippen MR) is 79.0 cm³/mol. The molecular formula is C15H9F6N5O. The van der Waals surface area contributed by atoms with Crippen molar-refractivity contribution in [3.05, 3.63) is 65.2 Å². The molecule has 0 aliphatic rings. The zero-order valence-corrected chi connectivity index (χ0v) is 13.1. The van der Waals surface area contributed by atoms with Crippen molar-refractivity contribution in [2.45, 2.75) is 13.1 Å². The van der Waals surface area contributed by atoms with Gasteiger partial charge < -0.3 is 5.32 Å². The van der Waals surface area contributed by atoms with Crippen LogP contribution in [0.3, 0.4) is 0 Å². The van der Waals surface area contributed by atoms with Gasteiger partial charge in [-0.1, -0.05) is 0 Å². The van der Waals surface area contributed by atoms with E-state index in [0.717, 1.165) is 29.3 Å². The highest BCUT2D eigenvalue weighted by Crippen LogP contribution is 2.21. The Labute approximate surface area is 147 Å². The van der Waals surface area contributed by atoms with Crippen molar-refractivity contribution in [2.75, 3.05) is 5.32 Å². The highest BCUT2D eigenvalue weighted by molar-refractivity contribution is 6.02. The molecule has 0 saturated carbocycles. The molecule has 1 aromatic carbocycles. The average Bonchev–Trinajstić information content (AvgIpc) is 3.26. The van der Waals surface area contributed by atoms with Crippen molar-refractivity contribution in [3.63, 3.8) is 0 Å². The minimum atomic E-state index is -3.03. The van der Waals surface area contributed by atoms with Crippen molar-refractivity contribution in [1.82, 2.24) is 19.6 Å². The van der Waals surface area contributed by atoms with Gasteiger partial charge in [-0.15, -0.1) is 0 Å². The number of nitrogens with zero attached hydrogens (tertiary/aromatic N) is 4. The standard InChI is InChI=1S/C15H9F6N5O/c16-9-3-10(17)13(19)12(18)8(9)6-25-5-7(4-23-25)24-14(27)11-1-2-22-26(11)15(20)21/h1-5,15H,6H2,(H,24,27). The molecule has 2 aromatic heterocycles. The van der Waals surface area contributed by atoms with Crippen LogP contribution in [-0.4, -0.2) is 25.5 Å². The summed E-state index contributed by atoms with van der Waals surface area (Å²) in [6.07, 6.45) is 3.22. The van der Waals surface area contributed by atoms with Crippen LogP contribution in [-0.2, 0) is 6.54 Å². The quantitative estimate of drug-likeness (QED) is 0.414. The molecule has 3 rings (SSSR count). The van der Waals surface area contributed by atoms with E-state index in [-0.39, 0.29) is 16.4 Å². The second-order valence-electron chi connectivity index (χ2n) is 5.27. The highest BCUT2D eigenvalue weighted by atomic mass is 19.3. The molecule has 0 atom stereocenters. The first-order valence-corrected chi connectivity index (χ1v) is 7.25. The number of amides is 1. The summed E-state index contributed by atoms with van der Waals surface area (Å²) >= 11 is 0. The van der Waals surface area contributed by atoms with Gasteiger partial charge in [-0.2, -0.15) is 23.7 Å². The van der Waals surface area contributed by atoms with Crippen LogP contribution in [0.5, 0.6) is 0 Å². The first kappa shape index (κ1) is 18.5. The summed E-state index contributed by atoms with van der Waals surface area (Å²) in [5.41, 5.74) is -1.17. The lowest BCUT2D eigenvalue weighted by molar-refractivity contribution is 0.0520. The maximum absolute atomic E-state index is 13.7. The molecule has 1 amide bonds. The maximum Gasteiger partial charge on any atom is 0.333 e. The number of carbonyl (C=O) groups excluding carboxylic acids is 1. The topological polar surface area (TPSA) is 64.7 Å². The fourth-order valence-corrected chi connectivity index (χ4v) is 2.27. The molecule has 0 bridgehead atoms. The summed E-state index contributed by atoms with van der Waals surface area (Å²) in [7, 11) is 0. The van der Waals surface area contributed by atoms with Gasteiger partial charge in [0.15, 0.2) is 17.5 Å². The molecule has 12 heteroatoms. The molecular weight excluding hydrogens is 380 g/mol. The Bertz CT molecular complexity index is 999. The molecule has 2 heterocycles. The number of nitrogens with one attached hydrogen (secondary N) is 1. The van der Waals surface area contributed by atoms with E-state index in [1.165, 1.54) is 0 Å². The number of rotatable bonds is 5. The number of aromatic nitrogens is 4. The summed E-state index contributed by atoms with van der Waals surface area (Å²) in [6, 6.07) is 1.27. The Morgan fingerprint density at radius 1 is 1.11 bits per heavy atom. The minimum Gasteiger partial charge on any atom is -0.318 e. The predicted octanol–water partition coefficient (Wildman–Crippen LogP) is 3.33. The van der Waals surface area contributed by atoms with Crippen molar-refractivity contribution in [2.24, 2.45) is 0 Å². The number of carbonyl (C=O) groups is 1. The first-order chi connectivity index (χ1) is 12.8. The van der Waals surface area contributed by atoms with Crippen LogP contribution in [0.15, 0.2) is 30.7 Å². The summed E-state index contributed by atoms with van der Waals surface area (Å²) in [5.74, 6) is -7.43. The van der Waals surface area contributed by atoms with Crippen LogP contribution < -0.4 is 5.32 Å². The Hall–Kier alpha value is -3.31. The molecule has 27 heavy (non-hydrogen) atoms. The molecule has 0 aliphatic carbocycles. The largest absolute Gasteiger partial charge is 0.333 e. The third kappa shape index (κ3) is 3.64. The SMILES string of the molecule is O=C(Nc1cnn(Cc2c(F)cc(F)c(F)c2F)c1)c1ccnn1C(F)F. The lowest BCUT2D eigenvalue weighted by Gasteiger charge is -2.07. The van der Waals surface area contributed by atoms with Crippen LogP contribution in [0.25, 0.3) is 0 Å². The molecule has 1 N–H and O–H groups in total. The van der Waals surface area contributed by atoms with Crippen LogP contribution in [0.2, 0.25) is 0 Å². The van der Waals surface area contributed by atoms with Crippen molar-refractivity contribution >= 4 is 11.6 Å². The minimum absolute atomic E-state index is 0.0189. The summed E-state index contributed by atoms with van der Waals surface area (Å²) in [5, 5.41) is 9.29. The van der Waals surface area contributed by atoms with Crippen LogP contribution in [0.4, 0.5) is 32.0 Å². The monoisotopic (exact) mass is 389 g/mol. The summed E-state index contributed by atoms with van der Waals surface area (Å²) in [4.78, 5) is 12.0. The third-order valence-corrected chi connectivity index (χ3v) is 3.51. The lowest BCUT2D eigenvalue weighted by Crippen LogP contribution is -2.18. The van der Waals surface area contributed by atoms with Crippen molar-refractivity contribution in [3.8, 4) is 0 Å². The third-order valence-electron chi connectivity index (χ3n) is 3.51. The molecule has 0 fully saturated rings. The summed E-state index contributed by atoms with van der Waals surface area (Å²) < 4.78 is 80.1. The van der Waals surface area contributed by atoms with E-state index in [1.54, 1.807) is 0 Å². The van der Waals surface area contributed by atoms with E-state index in [9.17, 15) is 31.1 Å². The number of hydrogen-bond donors (Lipinski definition) is 1. The second kappa shape index (κ2) is 7.13. The molecule has 142 valence electrons. The zero-order chi connectivity index (χ0) is 19.7. The average molecular weight is 389 g/mol. The van der Waals surface area contributed by atoms with Gasteiger partial charge in [-0.25, -0.2) is 17.6 Å². The van der Waals surface area contributed by atoms with Gasteiger partial charge >= 0.3 is 6.55 Å². The highest BCUT2D eigenvalue weighted by Gasteiger charge is 2.21. The van der Waals surface area contributed by atoms with Gasteiger partial charge in [0.2, 0.25) is 0 Å².